The summed E-state index contributed by atoms with van der Waals surface area (Å²) in [5.41, 5.74) is -0.225. The van der Waals surface area contributed by atoms with Crippen LogP contribution < -0.4 is 24.8 Å². The molecule has 214 valence electrons. The van der Waals surface area contributed by atoms with Crippen LogP contribution in [0.3, 0.4) is 0 Å². The van der Waals surface area contributed by atoms with Crippen molar-refractivity contribution in [3.63, 3.8) is 0 Å². The largest absolute Gasteiger partial charge is 2.00 e. The van der Waals surface area contributed by atoms with Crippen LogP contribution >= 0.6 is 11.6 Å². The van der Waals surface area contributed by atoms with Crippen molar-refractivity contribution in [1.82, 2.24) is 4.98 Å². The third-order valence-electron chi connectivity index (χ3n) is 6.45. The Morgan fingerprint density at radius 3 is 2.31 bits per heavy atom. The fourth-order valence-corrected chi connectivity index (χ4v) is 4.35. The molecule has 2 amide bonds. The van der Waals surface area contributed by atoms with Crippen molar-refractivity contribution in [2.75, 3.05) is 24.4 Å². The van der Waals surface area contributed by atoms with Gasteiger partial charge in [0, 0.05) is 40.1 Å². The molecule has 1 fully saturated rings. The van der Waals surface area contributed by atoms with Gasteiger partial charge in [-0.25, -0.2) is 9.18 Å². The summed E-state index contributed by atoms with van der Waals surface area (Å²) in [5, 5.41) is 15.1. The Hall–Kier alpha value is -4.13. The van der Waals surface area contributed by atoms with E-state index in [0.29, 0.717) is 34.5 Å². The molecule has 1 aliphatic rings. The number of benzene rings is 3. The number of methoxy groups -OCH3 is 1. The molecule has 0 spiro atoms. The average molecular weight is 606 g/mol. The van der Waals surface area contributed by atoms with Crippen molar-refractivity contribution in [2.45, 2.75) is 12.8 Å². The van der Waals surface area contributed by atoms with Crippen LogP contribution in [0.2, 0.25) is 5.02 Å². The maximum atomic E-state index is 15.1. The van der Waals surface area contributed by atoms with Crippen LogP contribution in [0, 0.1) is 11.2 Å². The summed E-state index contributed by atoms with van der Waals surface area (Å²) in [4.78, 5) is 41.0. The number of carboxylic acids is 1. The van der Waals surface area contributed by atoms with Crippen molar-refractivity contribution < 1.29 is 40.9 Å². The van der Waals surface area contributed by atoms with E-state index < -0.39 is 35.6 Å². The number of anilines is 2. The summed E-state index contributed by atoms with van der Waals surface area (Å²) >= 11 is 5.97. The zero-order valence-electron chi connectivity index (χ0n) is 24.3. The van der Waals surface area contributed by atoms with Crippen LogP contribution in [-0.4, -0.2) is 64.6 Å². The predicted molar refractivity (Wildman–Crippen MR) is 156 cm³/mol. The van der Waals surface area contributed by atoms with E-state index >= 15 is 4.39 Å². The number of carbonyl (C=O) groups excluding carboxylic acids is 2. The number of hydrogen-bond acceptors (Lipinski definition) is 7. The number of halogens is 2. The average Bonchev–Trinajstić information content (AvgIpc) is 3.75. The van der Waals surface area contributed by atoms with Crippen LogP contribution in [0.25, 0.3) is 10.9 Å². The number of aliphatic carboxylic acids is 1. The van der Waals surface area contributed by atoms with Crippen LogP contribution in [0.1, 0.15) is 15.7 Å². The Balaban J connectivity index is 0.00000225. The van der Waals surface area contributed by atoms with Gasteiger partial charge in [0.05, 0.1) is 12.6 Å². The smallest absolute Gasteiger partial charge is 1.00 e. The quantitative estimate of drug-likeness (QED) is 0.159. The summed E-state index contributed by atoms with van der Waals surface area (Å²) < 4.78 is 31.5. The minimum Gasteiger partial charge on any atom is -1.00 e. The van der Waals surface area contributed by atoms with Crippen LogP contribution in [-0.2, 0) is 14.4 Å². The first-order valence-electron chi connectivity index (χ1n) is 12.4. The molecule has 42 heavy (non-hydrogen) atoms. The van der Waals surface area contributed by atoms with Gasteiger partial charge in [-0.2, -0.15) is 0 Å². The number of hydrogen-bond donors (Lipinski definition) is 3. The van der Waals surface area contributed by atoms with Gasteiger partial charge in [-0.3, -0.25) is 14.6 Å². The van der Waals surface area contributed by atoms with E-state index in [1.807, 2.05) is 0 Å². The summed E-state index contributed by atoms with van der Waals surface area (Å²) in [7, 11) is 1.39. The van der Waals surface area contributed by atoms with Crippen molar-refractivity contribution in [3.8, 4) is 23.0 Å². The number of nitrogens with zero attached hydrogens (tertiary/aromatic N) is 1. The van der Waals surface area contributed by atoms with Gasteiger partial charge >= 0.3 is 29.0 Å². The molecule has 4 aromatic rings. The van der Waals surface area contributed by atoms with E-state index in [2.05, 4.69) is 15.6 Å². The van der Waals surface area contributed by atoms with E-state index in [4.69, 9.17) is 30.9 Å². The molecule has 0 atom stereocenters. The maximum Gasteiger partial charge on any atom is 2.00 e. The first-order valence-corrected chi connectivity index (χ1v) is 12.7. The number of ether oxygens (including phenoxy) is 3. The third kappa shape index (κ3) is 6.67. The van der Waals surface area contributed by atoms with Crippen molar-refractivity contribution >= 4 is 74.7 Å². The van der Waals surface area contributed by atoms with Gasteiger partial charge in [-0.15, -0.1) is 0 Å². The Bertz CT molecular complexity index is 1690. The number of amides is 2. The van der Waals surface area contributed by atoms with E-state index in [9.17, 15) is 14.4 Å². The monoisotopic (exact) mass is 605 g/mol. The topological polar surface area (TPSA) is 136 Å². The second-order valence-electron chi connectivity index (χ2n) is 9.26. The second-order valence-corrected chi connectivity index (χ2v) is 9.70. The molecule has 3 aromatic carbocycles. The van der Waals surface area contributed by atoms with E-state index in [-0.39, 0.29) is 54.6 Å². The zero-order valence-corrected chi connectivity index (χ0v) is 24.4. The standard InChI is InChI=1S/C29H23ClFN3O7.Mg.2H/c1-39-24-13-19-21(14-25(24)40-15-26(35)36)32-10-7-22(19)41-23-6-5-18(12-20(23)31)34-28(38)29(8-9-29)27(37)33-17-4-2-3-16(30)11-17;;;/h2-7,10-14H,8-9,15H2,1H3,(H,33,37)(H,34,38)(H,35,36);;;/q;+2;2*-1. The molecule has 0 radical (unpaired) electrons. The van der Waals surface area contributed by atoms with Gasteiger partial charge in [0.2, 0.25) is 11.8 Å². The first-order chi connectivity index (χ1) is 19.7. The number of fused-ring (bicyclic) bond motifs is 1. The molecule has 10 nitrogen and oxygen atoms in total. The minimum absolute atomic E-state index is 0. The number of pyridine rings is 1. The first kappa shape index (κ1) is 30.8. The molecule has 0 bridgehead atoms. The Morgan fingerprint density at radius 2 is 1.69 bits per heavy atom. The fraction of sp³-hybridized carbons (Fsp3) is 0.172. The molecule has 0 aliphatic heterocycles. The van der Waals surface area contributed by atoms with Gasteiger partial charge in [-0.1, -0.05) is 17.7 Å². The number of nitrogens with one attached hydrogen (secondary N) is 2. The minimum atomic E-state index is -1.25. The summed E-state index contributed by atoms with van der Waals surface area (Å²) in [6.45, 7) is -0.570. The number of carboxylic acid groups (broad SMARTS) is 1. The van der Waals surface area contributed by atoms with Gasteiger partial charge in [0.1, 0.15) is 11.2 Å². The second kappa shape index (κ2) is 12.8. The zero-order chi connectivity index (χ0) is 29.1. The summed E-state index contributed by atoms with van der Waals surface area (Å²) in [5.74, 6) is -2.37. The van der Waals surface area contributed by atoms with E-state index in [0.717, 1.165) is 6.07 Å². The molecule has 1 heterocycles. The van der Waals surface area contributed by atoms with Crippen LogP contribution in [0.4, 0.5) is 15.8 Å². The molecule has 1 aliphatic carbocycles. The third-order valence-corrected chi connectivity index (χ3v) is 6.68. The van der Waals surface area contributed by atoms with Gasteiger partial charge in [0.15, 0.2) is 29.7 Å². The molecule has 0 saturated heterocycles. The van der Waals surface area contributed by atoms with Gasteiger partial charge in [0.25, 0.3) is 0 Å². The molecular weight excluding hydrogens is 581 g/mol. The van der Waals surface area contributed by atoms with Crippen LogP contribution in [0.5, 0.6) is 23.0 Å². The van der Waals surface area contributed by atoms with Crippen molar-refractivity contribution in [1.29, 1.82) is 0 Å². The maximum absolute atomic E-state index is 15.1. The molecular formula is C29H25ClFMgN3O7. The van der Waals surface area contributed by atoms with Crippen molar-refractivity contribution in [2.24, 2.45) is 5.41 Å². The van der Waals surface area contributed by atoms with Gasteiger partial charge < -0.3 is 32.8 Å². The number of aromatic nitrogens is 1. The molecule has 0 unspecified atom stereocenters. The van der Waals surface area contributed by atoms with E-state index in [1.165, 1.54) is 37.6 Å². The Kier molecular flexibility index (Phi) is 9.39. The summed E-state index contributed by atoms with van der Waals surface area (Å²) in [6.07, 6.45) is 2.16. The van der Waals surface area contributed by atoms with Gasteiger partial charge in [-0.05, 0) is 55.3 Å². The molecule has 1 saturated carbocycles. The number of carbonyl (C=O) groups is 3. The fourth-order valence-electron chi connectivity index (χ4n) is 4.16. The van der Waals surface area contributed by atoms with Crippen molar-refractivity contribution in [3.05, 3.63) is 77.7 Å². The van der Waals surface area contributed by atoms with E-state index in [1.54, 1.807) is 30.3 Å². The summed E-state index contributed by atoms with van der Waals surface area (Å²) in [6, 6.07) is 15.1. The number of rotatable bonds is 10. The SMILES string of the molecule is COc1cc2c(Oc3ccc(NC(=O)C4(C(=O)Nc5cccc(Cl)c5)CC4)cc3F)ccnc2cc1OCC(=O)O.[H-].[H-].[Mg+2]. The molecule has 13 heteroatoms. The molecule has 3 N–H and O–H groups in total. The Labute approximate surface area is 263 Å². The predicted octanol–water partition coefficient (Wildman–Crippen LogP) is 5.49. The van der Waals surface area contributed by atoms with Crippen LogP contribution in [0.15, 0.2) is 66.9 Å². The molecule has 5 rings (SSSR count). The Morgan fingerprint density at radius 1 is 0.976 bits per heavy atom. The normalized spacial score (nSPS) is 12.9. The molecule has 1 aromatic heterocycles.